The lowest BCUT2D eigenvalue weighted by molar-refractivity contribution is -0.570. The molecule has 0 aliphatic heterocycles. The number of nitro groups is 2. The molecule has 0 saturated carbocycles. The van der Waals surface area contributed by atoms with Gasteiger partial charge in [0.25, 0.3) is 0 Å². The minimum Gasteiger partial charge on any atom is -0.461 e. The van der Waals surface area contributed by atoms with Gasteiger partial charge < -0.3 is 4.74 Å². The van der Waals surface area contributed by atoms with Crippen molar-refractivity contribution in [2.24, 2.45) is 0 Å². The first-order chi connectivity index (χ1) is 10.2. The molecule has 1 rings (SSSR count). The lowest BCUT2D eigenvalue weighted by Gasteiger charge is -2.25. The summed E-state index contributed by atoms with van der Waals surface area (Å²) in [5.41, 5.74) is -1.91. The number of halogens is 1. The Balaban J connectivity index is 3.38. The predicted octanol–water partition coefficient (Wildman–Crippen LogP) is 2.41. The quantitative estimate of drug-likeness (QED) is 0.411. The third kappa shape index (κ3) is 3.79. The lowest BCUT2D eigenvalue weighted by Crippen LogP contribution is -2.51. The van der Waals surface area contributed by atoms with Crippen LogP contribution in [0, 0.1) is 20.2 Å². The molecular weight excluding hydrogens is 360 g/mol. The molecule has 1 aromatic carbocycles. The van der Waals surface area contributed by atoms with Crippen LogP contribution in [0.4, 0.5) is 0 Å². The van der Waals surface area contributed by atoms with Crippen molar-refractivity contribution in [3.05, 3.63) is 54.5 Å². The van der Waals surface area contributed by atoms with Gasteiger partial charge in [-0.2, -0.15) is 0 Å². The van der Waals surface area contributed by atoms with Crippen LogP contribution < -0.4 is 0 Å². The Labute approximate surface area is 134 Å². The second kappa shape index (κ2) is 7.30. The van der Waals surface area contributed by atoms with E-state index < -0.39 is 33.8 Å². The van der Waals surface area contributed by atoms with Crippen molar-refractivity contribution in [3.63, 3.8) is 0 Å². The number of hydrogen-bond donors (Lipinski definition) is 0. The van der Waals surface area contributed by atoms with Crippen LogP contribution in [-0.4, -0.2) is 34.5 Å². The first-order valence-corrected chi connectivity index (χ1v) is 7.21. The summed E-state index contributed by atoms with van der Waals surface area (Å²) in [6.07, 6.45) is 0. The zero-order valence-electron chi connectivity index (χ0n) is 12.0. The second-order valence-electron chi connectivity index (χ2n) is 4.74. The highest BCUT2D eigenvalue weighted by Gasteiger charge is 2.57. The molecule has 0 unspecified atom stereocenters. The van der Waals surface area contributed by atoms with Crippen molar-refractivity contribution in [1.82, 2.24) is 0 Å². The molecule has 0 aliphatic carbocycles. The highest BCUT2D eigenvalue weighted by atomic mass is 79.9. The summed E-state index contributed by atoms with van der Waals surface area (Å²) < 4.78 is 5.48. The van der Waals surface area contributed by atoms with E-state index >= 15 is 0 Å². The molecule has 0 spiro atoms. The van der Waals surface area contributed by atoms with Gasteiger partial charge in [0.2, 0.25) is 6.54 Å². The summed E-state index contributed by atoms with van der Waals surface area (Å²) in [5.74, 6) is -2.33. The van der Waals surface area contributed by atoms with Crippen molar-refractivity contribution in [2.75, 3.05) is 13.2 Å². The van der Waals surface area contributed by atoms with Crippen LogP contribution in [0.2, 0.25) is 0 Å². The van der Waals surface area contributed by atoms with Gasteiger partial charge in [0.1, 0.15) is 5.92 Å². The third-order valence-electron chi connectivity index (χ3n) is 3.35. The Hall–Kier alpha value is -2.03. The monoisotopic (exact) mass is 374 g/mol. The van der Waals surface area contributed by atoms with Gasteiger partial charge in [0.15, 0.2) is 0 Å². The zero-order chi connectivity index (χ0) is 16.9. The van der Waals surface area contributed by atoms with Crippen LogP contribution in [-0.2, 0) is 9.53 Å². The zero-order valence-corrected chi connectivity index (χ0v) is 13.6. The summed E-state index contributed by atoms with van der Waals surface area (Å²) in [4.78, 5) is 33.0. The molecule has 0 radical (unpaired) electrons. The Kier molecular flexibility index (Phi) is 5.98. The SMILES string of the molecule is CCOC(=O)[C@](C)([C@H](C[N+](=O)[O-])c1ccc(Br)cc1)[N+](=O)[O-]. The molecule has 0 N–H and O–H groups in total. The molecule has 0 fully saturated rings. The molecule has 0 aromatic heterocycles. The van der Waals surface area contributed by atoms with Gasteiger partial charge in [0.05, 0.1) is 6.61 Å². The van der Waals surface area contributed by atoms with Crippen molar-refractivity contribution in [2.45, 2.75) is 25.3 Å². The number of benzene rings is 1. The van der Waals surface area contributed by atoms with Crippen LogP contribution in [0.15, 0.2) is 28.7 Å². The standard InChI is InChI=1S/C13H15BrN2O6/c1-3-22-12(17)13(2,16(20)21)11(8-15(18)19)9-4-6-10(14)7-5-9/h4-7,11H,3,8H2,1-2H3/t11-,13+/m1/s1. The molecular formula is C13H15BrN2O6. The number of esters is 1. The fraction of sp³-hybridized carbons (Fsp3) is 0.462. The highest BCUT2D eigenvalue weighted by Crippen LogP contribution is 2.33. The van der Waals surface area contributed by atoms with Gasteiger partial charge in [-0.1, -0.05) is 28.1 Å². The van der Waals surface area contributed by atoms with E-state index in [0.717, 1.165) is 11.4 Å². The topological polar surface area (TPSA) is 113 Å². The Bertz CT molecular complexity index is 576. The summed E-state index contributed by atoms with van der Waals surface area (Å²) >= 11 is 3.22. The Morgan fingerprint density at radius 3 is 2.27 bits per heavy atom. The second-order valence-corrected chi connectivity index (χ2v) is 5.66. The molecule has 0 heterocycles. The van der Waals surface area contributed by atoms with Crippen LogP contribution in [0.3, 0.4) is 0 Å². The van der Waals surface area contributed by atoms with Crippen LogP contribution >= 0.6 is 15.9 Å². The highest BCUT2D eigenvalue weighted by molar-refractivity contribution is 9.10. The van der Waals surface area contributed by atoms with Crippen LogP contribution in [0.1, 0.15) is 25.3 Å². The fourth-order valence-corrected chi connectivity index (χ4v) is 2.34. The van der Waals surface area contributed by atoms with Gasteiger partial charge in [-0.3, -0.25) is 20.2 Å². The molecule has 1 aromatic rings. The number of nitrogens with zero attached hydrogens (tertiary/aromatic N) is 2. The summed E-state index contributed by atoms with van der Waals surface area (Å²) in [6.45, 7) is 1.77. The van der Waals surface area contributed by atoms with Gasteiger partial charge in [-0.05, 0) is 24.6 Å². The van der Waals surface area contributed by atoms with E-state index in [-0.39, 0.29) is 6.61 Å². The number of ether oxygens (including phenoxy) is 1. The smallest absolute Gasteiger partial charge is 0.385 e. The Morgan fingerprint density at radius 1 is 1.32 bits per heavy atom. The molecule has 22 heavy (non-hydrogen) atoms. The summed E-state index contributed by atoms with van der Waals surface area (Å²) in [6, 6.07) is 6.24. The first-order valence-electron chi connectivity index (χ1n) is 6.42. The summed E-state index contributed by atoms with van der Waals surface area (Å²) in [5, 5.41) is 22.4. The number of carbonyl (C=O) groups excluding carboxylic acids is 1. The van der Waals surface area contributed by atoms with E-state index in [0.29, 0.717) is 5.56 Å². The van der Waals surface area contributed by atoms with E-state index in [2.05, 4.69) is 15.9 Å². The molecule has 0 saturated heterocycles. The minimum atomic E-state index is -2.24. The van der Waals surface area contributed by atoms with Crippen LogP contribution in [0.25, 0.3) is 0 Å². The molecule has 120 valence electrons. The first kappa shape index (κ1) is 18.0. The molecule has 2 atom stereocenters. The Morgan fingerprint density at radius 2 is 1.86 bits per heavy atom. The van der Waals surface area contributed by atoms with E-state index in [1.807, 2.05) is 0 Å². The van der Waals surface area contributed by atoms with Gasteiger partial charge >= 0.3 is 11.5 Å². The van der Waals surface area contributed by atoms with Gasteiger partial charge in [-0.25, -0.2) is 4.79 Å². The van der Waals surface area contributed by atoms with Crippen molar-refractivity contribution >= 4 is 21.9 Å². The number of carbonyl (C=O) groups is 1. The van der Waals surface area contributed by atoms with Gasteiger partial charge in [-0.15, -0.1) is 0 Å². The maximum Gasteiger partial charge on any atom is 0.385 e. The average molecular weight is 375 g/mol. The molecule has 0 aliphatic rings. The molecule has 0 bridgehead atoms. The number of hydrogen-bond acceptors (Lipinski definition) is 6. The van der Waals surface area contributed by atoms with Crippen LogP contribution in [0.5, 0.6) is 0 Å². The van der Waals surface area contributed by atoms with E-state index in [9.17, 15) is 25.0 Å². The maximum absolute atomic E-state index is 12.1. The van der Waals surface area contributed by atoms with E-state index in [1.165, 1.54) is 19.1 Å². The normalized spacial score (nSPS) is 14.7. The maximum atomic E-state index is 12.1. The number of rotatable bonds is 7. The largest absolute Gasteiger partial charge is 0.461 e. The molecule has 9 heteroatoms. The van der Waals surface area contributed by atoms with Crippen molar-refractivity contribution < 1.29 is 19.4 Å². The predicted molar refractivity (Wildman–Crippen MR) is 80.8 cm³/mol. The minimum absolute atomic E-state index is 0.0478. The molecule has 8 nitrogen and oxygen atoms in total. The fourth-order valence-electron chi connectivity index (χ4n) is 2.07. The van der Waals surface area contributed by atoms with Crippen molar-refractivity contribution in [3.8, 4) is 0 Å². The average Bonchev–Trinajstić information content (AvgIpc) is 2.44. The summed E-state index contributed by atoms with van der Waals surface area (Å²) in [7, 11) is 0. The van der Waals surface area contributed by atoms with Crippen molar-refractivity contribution in [1.29, 1.82) is 0 Å². The van der Waals surface area contributed by atoms with E-state index in [4.69, 9.17) is 4.74 Å². The van der Waals surface area contributed by atoms with Gasteiger partial charge in [0, 0.05) is 21.2 Å². The molecule has 0 amide bonds. The third-order valence-corrected chi connectivity index (χ3v) is 3.88. The lowest BCUT2D eigenvalue weighted by atomic mass is 9.81. The van der Waals surface area contributed by atoms with E-state index in [1.54, 1.807) is 12.1 Å².